The zero-order valence-electron chi connectivity index (χ0n) is 8.49. The number of carbonyl (C=O) groups excluding carboxylic acids is 1. The van der Waals surface area contributed by atoms with E-state index in [-0.39, 0.29) is 5.54 Å². The number of amides is 1. The van der Waals surface area contributed by atoms with Gasteiger partial charge in [-0.15, -0.1) is 0 Å². The molecule has 0 saturated carbocycles. The van der Waals surface area contributed by atoms with Crippen molar-refractivity contribution in [3.05, 3.63) is 0 Å². The summed E-state index contributed by atoms with van der Waals surface area (Å²) in [6, 6.07) is 0. The molecule has 0 saturated heterocycles. The fraction of sp³-hybridized carbons (Fsp3) is 0.857. The second kappa shape index (κ2) is 5.90. The Labute approximate surface area is 84.0 Å². The van der Waals surface area contributed by atoms with Crippen molar-refractivity contribution >= 4 is 14.3 Å². The molecule has 0 aromatic heterocycles. The van der Waals surface area contributed by atoms with Gasteiger partial charge < -0.3 is 15.5 Å². The van der Waals surface area contributed by atoms with E-state index in [1.54, 1.807) is 0 Å². The summed E-state index contributed by atoms with van der Waals surface area (Å²) in [4.78, 5) is 20.6. The van der Waals surface area contributed by atoms with Crippen LogP contribution in [0.5, 0.6) is 0 Å². The minimum Gasteiger partial charge on any atom is -0.558 e. The molecular weight excluding hydrogens is 207 g/mol. The van der Waals surface area contributed by atoms with Gasteiger partial charge in [0, 0.05) is 18.6 Å². The number of rotatable bonds is 4. The first-order valence-corrected chi connectivity index (χ1v) is 5.26. The van der Waals surface area contributed by atoms with Crippen molar-refractivity contribution in [1.82, 2.24) is 10.6 Å². The molecule has 0 aromatic carbocycles. The standard InChI is InChI=1S/C7H15N2O4P/c1-7(2,3)9-5-4-8-6(10)13-14(11)12/h9H,4-5H2,1-3H3,(H,8,10). The lowest BCUT2D eigenvalue weighted by atomic mass is 10.1. The summed E-state index contributed by atoms with van der Waals surface area (Å²) in [5.74, 6) is 0. The van der Waals surface area contributed by atoms with Gasteiger partial charge in [-0.3, -0.25) is 0 Å². The molecule has 1 amide bonds. The normalized spacial score (nSPS) is 12.1. The van der Waals surface area contributed by atoms with Gasteiger partial charge in [-0.05, 0) is 25.3 Å². The molecule has 0 bridgehead atoms. The van der Waals surface area contributed by atoms with E-state index >= 15 is 0 Å². The van der Waals surface area contributed by atoms with E-state index in [1.807, 2.05) is 20.8 Å². The molecule has 0 rings (SSSR count). The van der Waals surface area contributed by atoms with Gasteiger partial charge in [-0.1, -0.05) is 0 Å². The quantitative estimate of drug-likeness (QED) is 0.520. The third kappa shape index (κ3) is 9.38. The van der Waals surface area contributed by atoms with E-state index in [2.05, 4.69) is 15.2 Å². The van der Waals surface area contributed by atoms with E-state index in [0.717, 1.165) is 0 Å². The Hall–Kier alpha value is -0.710. The summed E-state index contributed by atoms with van der Waals surface area (Å²) in [6.45, 7) is 6.83. The molecule has 1 atom stereocenters. The van der Waals surface area contributed by atoms with E-state index in [9.17, 15) is 14.3 Å². The van der Waals surface area contributed by atoms with Crippen LogP contribution in [0.3, 0.4) is 0 Å². The monoisotopic (exact) mass is 222 g/mol. The van der Waals surface area contributed by atoms with E-state index in [0.29, 0.717) is 13.1 Å². The Balaban J connectivity index is 3.46. The summed E-state index contributed by atoms with van der Waals surface area (Å²) in [5, 5.41) is 5.39. The number of hydrogen-bond donors (Lipinski definition) is 2. The van der Waals surface area contributed by atoms with Crippen molar-refractivity contribution in [3.63, 3.8) is 0 Å². The summed E-state index contributed by atoms with van der Waals surface area (Å²) < 4.78 is 13.8. The van der Waals surface area contributed by atoms with E-state index in [4.69, 9.17) is 0 Å². The molecule has 0 heterocycles. The molecule has 2 N–H and O–H groups in total. The average molecular weight is 222 g/mol. The van der Waals surface area contributed by atoms with Crippen molar-refractivity contribution in [3.8, 4) is 0 Å². The van der Waals surface area contributed by atoms with Crippen molar-refractivity contribution < 1.29 is 18.8 Å². The number of nitrogens with one attached hydrogen (secondary N) is 2. The first-order valence-electron chi connectivity index (χ1n) is 4.16. The lowest BCUT2D eigenvalue weighted by molar-refractivity contribution is -0.180. The predicted octanol–water partition coefficient (Wildman–Crippen LogP) is 0.118. The fourth-order valence-corrected chi connectivity index (χ4v) is 0.902. The molecule has 0 aliphatic heterocycles. The molecular formula is C7H15N2O4P. The number of hydrogen-bond acceptors (Lipinski definition) is 5. The van der Waals surface area contributed by atoms with Gasteiger partial charge in [0.1, 0.15) is 0 Å². The molecule has 82 valence electrons. The molecule has 6 nitrogen and oxygen atoms in total. The molecule has 0 aliphatic carbocycles. The first-order chi connectivity index (χ1) is 6.31. The predicted molar refractivity (Wildman–Crippen MR) is 49.8 cm³/mol. The highest BCUT2D eigenvalue weighted by atomic mass is 31.1. The van der Waals surface area contributed by atoms with Gasteiger partial charge in [-0.25, -0.2) is 4.79 Å². The minimum absolute atomic E-state index is 0.0325. The second-order valence-corrected chi connectivity index (χ2v) is 4.34. The molecule has 0 fully saturated rings. The Bertz CT molecular complexity index is 214. The van der Waals surface area contributed by atoms with Gasteiger partial charge in [-0.2, -0.15) is 4.52 Å². The Morgan fingerprint density at radius 1 is 1.43 bits per heavy atom. The van der Waals surface area contributed by atoms with Crippen LogP contribution in [0.1, 0.15) is 20.8 Å². The minimum atomic E-state index is -3.12. The maximum absolute atomic E-state index is 10.6. The highest BCUT2D eigenvalue weighted by Crippen LogP contribution is 2.07. The largest absolute Gasteiger partial charge is 0.558 e. The van der Waals surface area contributed by atoms with Crippen LogP contribution >= 0.6 is 8.25 Å². The molecule has 7 heteroatoms. The van der Waals surface area contributed by atoms with Crippen LogP contribution in [0.4, 0.5) is 4.79 Å². The third-order valence-electron chi connectivity index (χ3n) is 1.21. The smallest absolute Gasteiger partial charge is 0.544 e. The number of carbonyl (C=O) groups is 1. The maximum atomic E-state index is 10.6. The topological polar surface area (TPSA) is 90.5 Å². The van der Waals surface area contributed by atoms with Gasteiger partial charge in [0.25, 0.3) is 0 Å². The Morgan fingerprint density at radius 3 is 2.43 bits per heavy atom. The van der Waals surface area contributed by atoms with Crippen LogP contribution in [0.2, 0.25) is 0 Å². The van der Waals surface area contributed by atoms with Crippen LogP contribution in [0.15, 0.2) is 0 Å². The lowest BCUT2D eigenvalue weighted by Crippen LogP contribution is -2.41. The highest BCUT2D eigenvalue weighted by molar-refractivity contribution is 7.31. The fourth-order valence-electron chi connectivity index (χ4n) is 0.702. The van der Waals surface area contributed by atoms with Crippen LogP contribution < -0.4 is 15.5 Å². The average Bonchev–Trinajstić information content (AvgIpc) is 1.95. The Morgan fingerprint density at radius 2 is 2.00 bits per heavy atom. The van der Waals surface area contributed by atoms with Crippen LogP contribution in [-0.4, -0.2) is 24.7 Å². The molecule has 14 heavy (non-hydrogen) atoms. The van der Waals surface area contributed by atoms with Crippen LogP contribution in [0.25, 0.3) is 0 Å². The van der Waals surface area contributed by atoms with E-state index < -0.39 is 14.3 Å². The highest BCUT2D eigenvalue weighted by Gasteiger charge is 2.12. The zero-order valence-corrected chi connectivity index (χ0v) is 9.39. The maximum Gasteiger partial charge on any atom is 0.544 e. The lowest BCUT2D eigenvalue weighted by Gasteiger charge is -2.20. The van der Waals surface area contributed by atoms with Gasteiger partial charge in [0.15, 0.2) is 0 Å². The summed E-state index contributed by atoms with van der Waals surface area (Å²) in [5.41, 5.74) is -0.0325. The second-order valence-electron chi connectivity index (χ2n) is 3.71. The van der Waals surface area contributed by atoms with Gasteiger partial charge >= 0.3 is 14.3 Å². The van der Waals surface area contributed by atoms with Gasteiger partial charge in [0.2, 0.25) is 0 Å². The van der Waals surface area contributed by atoms with Gasteiger partial charge in [0.05, 0.1) is 0 Å². The van der Waals surface area contributed by atoms with E-state index in [1.165, 1.54) is 0 Å². The zero-order chi connectivity index (χ0) is 11.2. The Kier molecular flexibility index (Phi) is 5.60. The van der Waals surface area contributed by atoms with Crippen LogP contribution in [0, 0.1) is 0 Å². The summed E-state index contributed by atoms with van der Waals surface area (Å²) >= 11 is 0. The molecule has 0 spiro atoms. The molecule has 0 aliphatic rings. The van der Waals surface area contributed by atoms with Crippen molar-refractivity contribution in [2.45, 2.75) is 26.3 Å². The van der Waals surface area contributed by atoms with Crippen molar-refractivity contribution in [1.29, 1.82) is 0 Å². The SMILES string of the molecule is CC(C)(C)NCCNC(=O)O[P+](=O)[O-]. The van der Waals surface area contributed by atoms with Crippen LogP contribution in [-0.2, 0) is 9.09 Å². The van der Waals surface area contributed by atoms with Crippen molar-refractivity contribution in [2.75, 3.05) is 13.1 Å². The summed E-state index contributed by atoms with van der Waals surface area (Å²) in [7, 11) is -3.12. The first kappa shape index (κ1) is 13.3. The summed E-state index contributed by atoms with van der Waals surface area (Å²) in [6.07, 6.45) is -0.947. The molecule has 0 aromatic rings. The van der Waals surface area contributed by atoms with Crippen molar-refractivity contribution in [2.24, 2.45) is 0 Å². The third-order valence-corrected chi connectivity index (χ3v) is 1.52. The molecule has 1 unspecified atom stereocenters. The molecule has 0 radical (unpaired) electrons.